The molecule has 2 heteroatoms. The minimum Gasteiger partial charge on any atom is -0.496 e. The van der Waals surface area contributed by atoms with Crippen LogP contribution in [0.25, 0.3) is 6.08 Å². The van der Waals surface area contributed by atoms with Crippen molar-refractivity contribution in [2.45, 2.75) is 13.1 Å². The zero-order valence-corrected chi connectivity index (χ0v) is 12.8. The number of ether oxygens (including phenoxy) is 1. The molecule has 0 N–H and O–H groups in total. The third kappa shape index (κ3) is 3.35. The van der Waals surface area contributed by atoms with Crippen molar-refractivity contribution >= 4 is 19.3 Å². The van der Waals surface area contributed by atoms with Gasteiger partial charge in [0.2, 0.25) is 0 Å². The first-order valence-corrected chi connectivity index (χ1v) is 9.59. The molecule has 0 radical (unpaired) electrons. The summed E-state index contributed by atoms with van der Waals surface area (Å²) < 4.78 is 5.38. The van der Waals surface area contributed by atoms with Crippen molar-refractivity contribution in [3.05, 3.63) is 65.9 Å². The van der Waals surface area contributed by atoms with Gasteiger partial charge in [0, 0.05) is 5.56 Å². The first kappa shape index (κ1) is 13.6. The maximum Gasteiger partial charge on any atom is 0.126 e. The van der Waals surface area contributed by atoms with E-state index in [1.54, 1.807) is 7.11 Å². The Morgan fingerprint density at radius 1 is 0.895 bits per heavy atom. The Balaban J connectivity index is 2.27. The van der Waals surface area contributed by atoms with E-state index < -0.39 is 8.07 Å². The van der Waals surface area contributed by atoms with E-state index in [-0.39, 0.29) is 0 Å². The van der Waals surface area contributed by atoms with E-state index >= 15 is 0 Å². The lowest BCUT2D eigenvalue weighted by molar-refractivity contribution is 0.414. The van der Waals surface area contributed by atoms with Crippen LogP contribution in [-0.4, -0.2) is 15.2 Å². The SMILES string of the molecule is COc1ccccc1/C=C/[Si](C)(C)c1ccccc1. The van der Waals surface area contributed by atoms with Crippen LogP contribution in [0.3, 0.4) is 0 Å². The number of benzene rings is 2. The normalized spacial score (nSPS) is 11.7. The van der Waals surface area contributed by atoms with Gasteiger partial charge in [-0.15, -0.1) is 0 Å². The molecule has 0 amide bonds. The van der Waals surface area contributed by atoms with E-state index in [4.69, 9.17) is 4.74 Å². The molecule has 0 saturated carbocycles. The van der Waals surface area contributed by atoms with Crippen LogP contribution in [-0.2, 0) is 0 Å². The van der Waals surface area contributed by atoms with Crippen LogP contribution in [0.15, 0.2) is 60.3 Å². The van der Waals surface area contributed by atoms with Crippen LogP contribution < -0.4 is 9.92 Å². The summed E-state index contributed by atoms with van der Waals surface area (Å²) >= 11 is 0. The molecule has 0 aliphatic heterocycles. The molecule has 1 nitrogen and oxygen atoms in total. The number of hydrogen-bond donors (Lipinski definition) is 0. The second kappa shape index (κ2) is 5.89. The Bertz CT molecular complexity index is 558. The van der Waals surface area contributed by atoms with Crippen LogP contribution in [0.2, 0.25) is 13.1 Å². The van der Waals surface area contributed by atoms with Gasteiger partial charge in [0.15, 0.2) is 0 Å². The van der Waals surface area contributed by atoms with Crippen LogP contribution >= 0.6 is 0 Å². The summed E-state index contributed by atoms with van der Waals surface area (Å²) in [6, 6.07) is 18.9. The van der Waals surface area contributed by atoms with Gasteiger partial charge in [0.05, 0.1) is 7.11 Å². The summed E-state index contributed by atoms with van der Waals surface area (Å²) in [6.07, 6.45) is 2.19. The zero-order chi connectivity index (χ0) is 13.7. The van der Waals surface area contributed by atoms with Gasteiger partial charge < -0.3 is 4.74 Å². The molecule has 0 aliphatic rings. The molecule has 0 spiro atoms. The van der Waals surface area contributed by atoms with Crippen molar-refractivity contribution in [2.24, 2.45) is 0 Å². The third-order valence-corrected chi connectivity index (χ3v) is 6.16. The molecule has 2 aromatic rings. The predicted octanol–water partition coefficient (Wildman–Crippen LogP) is 3.86. The number of methoxy groups -OCH3 is 1. The molecular formula is C17H20OSi. The maximum absolute atomic E-state index is 5.38. The number of para-hydroxylation sites is 1. The van der Waals surface area contributed by atoms with E-state index in [0.29, 0.717) is 0 Å². The van der Waals surface area contributed by atoms with E-state index in [0.717, 1.165) is 11.3 Å². The first-order chi connectivity index (χ1) is 9.13. The highest BCUT2D eigenvalue weighted by Gasteiger charge is 2.19. The highest BCUT2D eigenvalue weighted by molar-refractivity contribution is 6.94. The summed E-state index contributed by atoms with van der Waals surface area (Å²) in [6.45, 7) is 4.71. The maximum atomic E-state index is 5.38. The first-order valence-electron chi connectivity index (χ1n) is 6.51. The molecule has 98 valence electrons. The summed E-state index contributed by atoms with van der Waals surface area (Å²) in [5.41, 5.74) is 3.50. The van der Waals surface area contributed by atoms with Crippen molar-refractivity contribution in [1.29, 1.82) is 0 Å². The molecule has 0 unspecified atom stereocenters. The summed E-state index contributed by atoms with van der Waals surface area (Å²) in [5, 5.41) is 1.45. The Morgan fingerprint density at radius 3 is 2.21 bits per heavy atom. The van der Waals surface area contributed by atoms with Crippen molar-refractivity contribution in [2.75, 3.05) is 7.11 Å². The summed E-state index contributed by atoms with van der Waals surface area (Å²) in [7, 11) is 0.181. The lowest BCUT2D eigenvalue weighted by atomic mass is 10.2. The van der Waals surface area contributed by atoms with Crippen molar-refractivity contribution < 1.29 is 4.74 Å². The second-order valence-corrected chi connectivity index (χ2v) is 9.52. The third-order valence-electron chi connectivity index (χ3n) is 3.34. The van der Waals surface area contributed by atoms with E-state index in [9.17, 15) is 0 Å². The monoisotopic (exact) mass is 268 g/mol. The summed E-state index contributed by atoms with van der Waals surface area (Å²) in [4.78, 5) is 0. The van der Waals surface area contributed by atoms with Crippen molar-refractivity contribution in [3.8, 4) is 5.75 Å². The smallest absolute Gasteiger partial charge is 0.126 e. The average Bonchev–Trinajstić information content (AvgIpc) is 2.46. The molecule has 0 saturated heterocycles. The molecule has 0 atom stereocenters. The Hall–Kier alpha value is -1.80. The van der Waals surface area contributed by atoms with Crippen LogP contribution in [0.1, 0.15) is 5.56 Å². The van der Waals surface area contributed by atoms with E-state index in [1.807, 2.05) is 18.2 Å². The molecule has 0 fully saturated rings. The summed E-state index contributed by atoms with van der Waals surface area (Å²) in [5.74, 6) is 0.927. The Morgan fingerprint density at radius 2 is 1.53 bits per heavy atom. The number of rotatable bonds is 4. The van der Waals surface area contributed by atoms with Crippen LogP contribution in [0.5, 0.6) is 5.75 Å². The Kier molecular flexibility index (Phi) is 4.22. The van der Waals surface area contributed by atoms with Gasteiger partial charge in [-0.1, -0.05) is 78.6 Å². The largest absolute Gasteiger partial charge is 0.496 e. The predicted molar refractivity (Wildman–Crippen MR) is 85.6 cm³/mol. The van der Waals surface area contributed by atoms with Crippen LogP contribution in [0.4, 0.5) is 0 Å². The molecule has 19 heavy (non-hydrogen) atoms. The standard InChI is InChI=1S/C17H20OSi/c1-18-17-12-8-7-9-15(17)13-14-19(2,3)16-10-5-4-6-11-16/h4-14H,1-3H3/b14-13+. The minimum absolute atomic E-state index is 0.927. The quantitative estimate of drug-likeness (QED) is 0.765. The average molecular weight is 268 g/mol. The second-order valence-electron chi connectivity index (χ2n) is 5.16. The van der Waals surface area contributed by atoms with Gasteiger partial charge in [-0.25, -0.2) is 0 Å². The molecular weight excluding hydrogens is 248 g/mol. The van der Waals surface area contributed by atoms with Crippen molar-refractivity contribution in [1.82, 2.24) is 0 Å². The topological polar surface area (TPSA) is 9.23 Å². The van der Waals surface area contributed by atoms with E-state index in [2.05, 4.69) is 61.3 Å². The zero-order valence-electron chi connectivity index (χ0n) is 11.8. The van der Waals surface area contributed by atoms with Crippen LogP contribution in [0, 0.1) is 0 Å². The van der Waals surface area contributed by atoms with Gasteiger partial charge >= 0.3 is 0 Å². The Labute approximate surface area is 116 Å². The van der Waals surface area contributed by atoms with Gasteiger partial charge in [0.25, 0.3) is 0 Å². The lowest BCUT2D eigenvalue weighted by Gasteiger charge is -2.18. The van der Waals surface area contributed by atoms with Crippen molar-refractivity contribution in [3.63, 3.8) is 0 Å². The van der Waals surface area contributed by atoms with Gasteiger partial charge in [-0.3, -0.25) is 0 Å². The van der Waals surface area contributed by atoms with E-state index in [1.165, 1.54) is 5.19 Å². The molecule has 0 heterocycles. The van der Waals surface area contributed by atoms with Gasteiger partial charge in [0.1, 0.15) is 13.8 Å². The molecule has 0 aromatic heterocycles. The highest BCUT2D eigenvalue weighted by atomic mass is 28.3. The van der Waals surface area contributed by atoms with Gasteiger partial charge in [-0.05, 0) is 6.07 Å². The highest BCUT2D eigenvalue weighted by Crippen LogP contribution is 2.20. The molecule has 0 bridgehead atoms. The molecule has 2 rings (SSSR count). The fourth-order valence-corrected chi connectivity index (χ4v) is 3.91. The fraction of sp³-hybridized carbons (Fsp3) is 0.176. The fourth-order valence-electron chi connectivity index (χ4n) is 2.07. The number of hydrogen-bond acceptors (Lipinski definition) is 1. The lowest BCUT2D eigenvalue weighted by Crippen LogP contribution is -2.39. The van der Waals surface area contributed by atoms with Gasteiger partial charge in [-0.2, -0.15) is 0 Å². The molecule has 2 aromatic carbocycles. The minimum atomic E-state index is -1.53. The molecule has 0 aliphatic carbocycles.